The molecule has 0 atom stereocenters. The van der Waals surface area contributed by atoms with Gasteiger partial charge in [0.2, 0.25) is 0 Å². The summed E-state index contributed by atoms with van der Waals surface area (Å²) in [6.07, 6.45) is 0. The Kier molecular flexibility index (Phi) is 6.32. The molecule has 4 rings (SSSR count). The Hall–Kier alpha value is -2.27. The normalized spacial score (nSPS) is 10.9. The predicted molar refractivity (Wildman–Crippen MR) is 124 cm³/mol. The van der Waals surface area contributed by atoms with Gasteiger partial charge in [-0.05, 0) is 56.0 Å². The highest BCUT2D eigenvalue weighted by Gasteiger charge is 2.13. The SMILES string of the molecule is O=S(Sc1ccccc1-c1ccccc1)Sc1ccccc1-c1ccccc1. The minimum atomic E-state index is -1.16. The quantitative estimate of drug-likeness (QED) is 0.302. The van der Waals surface area contributed by atoms with E-state index in [4.69, 9.17) is 0 Å². The molecule has 1 nitrogen and oxygen atoms in total. The molecule has 0 saturated carbocycles. The first-order valence-electron chi connectivity index (χ1n) is 8.88. The molecule has 0 bridgehead atoms. The van der Waals surface area contributed by atoms with E-state index in [1.54, 1.807) is 0 Å². The summed E-state index contributed by atoms with van der Waals surface area (Å²) in [6.45, 7) is 0. The summed E-state index contributed by atoms with van der Waals surface area (Å²) >= 11 is 0. The zero-order valence-electron chi connectivity index (χ0n) is 15.0. The third kappa shape index (κ3) is 4.58. The highest BCUT2D eigenvalue weighted by molar-refractivity contribution is 9.02. The van der Waals surface area contributed by atoms with Crippen LogP contribution < -0.4 is 0 Å². The van der Waals surface area contributed by atoms with Crippen molar-refractivity contribution >= 4 is 30.5 Å². The maximum absolute atomic E-state index is 13.0. The Morgan fingerprint density at radius 2 is 0.821 bits per heavy atom. The van der Waals surface area contributed by atoms with E-state index in [0.29, 0.717) is 0 Å². The lowest BCUT2D eigenvalue weighted by molar-refractivity contribution is 0.699. The van der Waals surface area contributed by atoms with Gasteiger partial charge < -0.3 is 0 Å². The van der Waals surface area contributed by atoms with Crippen LogP contribution in [-0.4, -0.2) is 4.21 Å². The average Bonchev–Trinajstić information content (AvgIpc) is 2.76. The Bertz CT molecular complexity index is 992. The number of rotatable bonds is 6. The zero-order chi connectivity index (χ0) is 19.2. The van der Waals surface area contributed by atoms with E-state index in [1.165, 1.54) is 21.6 Å². The van der Waals surface area contributed by atoms with Gasteiger partial charge in [-0.3, -0.25) is 0 Å². The van der Waals surface area contributed by atoms with Crippen LogP contribution in [0.5, 0.6) is 0 Å². The molecule has 4 aromatic rings. The third-order valence-electron chi connectivity index (χ3n) is 4.26. The molecule has 0 aliphatic heterocycles. The van der Waals surface area contributed by atoms with E-state index < -0.39 is 8.86 Å². The van der Waals surface area contributed by atoms with Crippen molar-refractivity contribution in [3.8, 4) is 22.3 Å². The van der Waals surface area contributed by atoms with Gasteiger partial charge in [0.15, 0.2) is 8.86 Å². The number of benzene rings is 4. The van der Waals surface area contributed by atoms with Crippen LogP contribution in [0.25, 0.3) is 22.3 Å². The van der Waals surface area contributed by atoms with Crippen molar-refractivity contribution in [2.75, 3.05) is 0 Å². The van der Waals surface area contributed by atoms with Gasteiger partial charge in [0.05, 0.1) is 0 Å². The lowest BCUT2D eigenvalue weighted by Crippen LogP contribution is -1.86. The molecule has 4 aromatic carbocycles. The minimum Gasteiger partial charge on any atom is -0.235 e. The topological polar surface area (TPSA) is 17.1 Å². The van der Waals surface area contributed by atoms with Gasteiger partial charge in [-0.2, -0.15) is 0 Å². The first kappa shape index (κ1) is 19.1. The lowest BCUT2D eigenvalue weighted by atomic mass is 10.1. The van der Waals surface area contributed by atoms with E-state index >= 15 is 0 Å². The van der Waals surface area contributed by atoms with Crippen LogP contribution >= 0.6 is 21.6 Å². The molecule has 0 spiro atoms. The highest BCUT2D eigenvalue weighted by Crippen LogP contribution is 2.41. The zero-order valence-corrected chi connectivity index (χ0v) is 17.5. The second kappa shape index (κ2) is 9.28. The van der Waals surface area contributed by atoms with Gasteiger partial charge in [-0.25, -0.2) is 4.21 Å². The fraction of sp³-hybridized carbons (Fsp3) is 0. The summed E-state index contributed by atoms with van der Waals surface area (Å²) in [5.74, 6) is 0. The van der Waals surface area contributed by atoms with Gasteiger partial charge in [0.1, 0.15) is 0 Å². The molecule has 28 heavy (non-hydrogen) atoms. The summed E-state index contributed by atoms with van der Waals surface area (Å²) in [5, 5.41) is 0. The summed E-state index contributed by atoms with van der Waals surface area (Å²) in [5.41, 5.74) is 4.49. The molecule has 0 aliphatic carbocycles. The largest absolute Gasteiger partial charge is 0.235 e. The maximum Gasteiger partial charge on any atom is 0.150 e. The molecular formula is C24H18OS3. The fourth-order valence-corrected chi connectivity index (χ4v) is 7.58. The first-order chi connectivity index (χ1) is 13.8. The van der Waals surface area contributed by atoms with Crippen molar-refractivity contribution in [1.82, 2.24) is 0 Å². The highest BCUT2D eigenvalue weighted by atomic mass is 33.5. The monoisotopic (exact) mass is 418 g/mol. The molecule has 4 heteroatoms. The summed E-state index contributed by atoms with van der Waals surface area (Å²) in [4.78, 5) is 2.05. The molecule has 0 unspecified atom stereocenters. The fourth-order valence-electron chi connectivity index (χ4n) is 2.95. The molecule has 0 aromatic heterocycles. The molecule has 0 saturated heterocycles. The Labute approximate surface area is 175 Å². The van der Waals surface area contributed by atoms with E-state index in [1.807, 2.05) is 72.8 Å². The van der Waals surface area contributed by atoms with Crippen molar-refractivity contribution in [2.24, 2.45) is 0 Å². The lowest BCUT2D eigenvalue weighted by Gasteiger charge is -2.11. The van der Waals surface area contributed by atoms with Gasteiger partial charge in [0, 0.05) is 9.79 Å². The van der Waals surface area contributed by atoms with E-state index in [2.05, 4.69) is 36.4 Å². The van der Waals surface area contributed by atoms with Gasteiger partial charge >= 0.3 is 0 Å². The van der Waals surface area contributed by atoms with E-state index in [-0.39, 0.29) is 0 Å². The summed E-state index contributed by atoms with van der Waals surface area (Å²) in [6, 6.07) is 36.7. The summed E-state index contributed by atoms with van der Waals surface area (Å²) < 4.78 is 13.0. The van der Waals surface area contributed by atoms with Crippen LogP contribution in [0.4, 0.5) is 0 Å². The molecule has 0 heterocycles. The van der Waals surface area contributed by atoms with Crippen LogP contribution in [0.15, 0.2) is 119 Å². The van der Waals surface area contributed by atoms with Crippen LogP contribution in [0.2, 0.25) is 0 Å². The van der Waals surface area contributed by atoms with Crippen LogP contribution in [0.1, 0.15) is 0 Å². The van der Waals surface area contributed by atoms with E-state index in [9.17, 15) is 4.21 Å². The molecule has 138 valence electrons. The smallest absolute Gasteiger partial charge is 0.150 e. The Morgan fingerprint density at radius 3 is 1.25 bits per heavy atom. The summed E-state index contributed by atoms with van der Waals surface area (Å²) in [7, 11) is 1.64. The van der Waals surface area contributed by atoms with E-state index in [0.717, 1.165) is 32.0 Å². The minimum absolute atomic E-state index is 1.02. The molecule has 0 radical (unpaired) electrons. The van der Waals surface area contributed by atoms with Crippen LogP contribution in [0.3, 0.4) is 0 Å². The van der Waals surface area contributed by atoms with Crippen LogP contribution in [0, 0.1) is 0 Å². The van der Waals surface area contributed by atoms with Crippen molar-refractivity contribution < 1.29 is 4.21 Å². The third-order valence-corrected chi connectivity index (χ3v) is 8.72. The van der Waals surface area contributed by atoms with Crippen LogP contribution in [-0.2, 0) is 8.86 Å². The second-order valence-corrected chi connectivity index (χ2v) is 11.2. The van der Waals surface area contributed by atoms with Gasteiger partial charge in [-0.1, -0.05) is 97.1 Å². The molecule has 0 fully saturated rings. The Balaban J connectivity index is 1.58. The van der Waals surface area contributed by atoms with Crippen molar-refractivity contribution in [2.45, 2.75) is 9.79 Å². The van der Waals surface area contributed by atoms with Crippen molar-refractivity contribution in [3.63, 3.8) is 0 Å². The first-order valence-corrected chi connectivity index (χ1v) is 12.7. The molecular weight excluding hydrogens is 400 g/mol. The Morgan fingerprint density at radius 1 is 0.464 bits per heavy atom. The number of hydrogen-bond acceptors (Lipinski definition) is 3. The number of hydrogen-bond donors (Lipinski definition) is 0. The standard InChI is InChI=1S/C24H18OS3/c25-28(26-23-17-9-7-15-21(23)19-11-3-1-4-12-19)27-24-18-10-8-16-22(24)20-13-5-2-6-14-20/h1-18H. The molecule has 0 aliphatic rings. The van der Waals surface area contributed by atoms with Gasteiger partial charge in [0.25, 0.3) is 0 Å². The maximum atomic E-state index is 13.0. The van der Waals surface area contributed by atoms with Gasteiger partial charge in [-0.15, -0.1) is 0 Å². The average molecular weight is 419 g/mol. The molecule has 0 N–H and O–H groups in total. The van der Waals surface area contributed by atoms with Crippen molar-refractivity contribution in [3.05, 3.63) is 109 Å². The second-order valence-electron chi connectivity index (χ2n) is 6.10. The molecule has 0 amide bonds. The predicted octanol–water partition coefficient (Wildman–Crippen LogP) is 7.48. The van der Waals surface area contributed by atoms with Crippen molar-refractivity contribution in [1.29, 1.82) is 0 Å².